The highest BCUT2D eigenvalue weighted by Crippen LogP contribution is 1.92. The number of hydrogen-bond acceptors (Lipinski definition) is 2. The fourth-order valence-corrected chi connectivity index (χ4v) is 0.470. The van der Waals surface area contributed by atoms with E-state index in [1.54, 1.807) is 0 Å². The summed E-state index contributed by atoms with van der Waals surface area (Å²) in [4.78, 5) is 2.12. The van der Waals surface area contributed by atoms with Gasteiger partial charge in [0.15, 0.2) is 0 Å². The van der Waals surface area contributed by atoms with E-state index in [2.05, 4.69) is 16.8 Å². The minimum Gasteiger partial charge on any atom is -0.377 e. The summed E-state index contributed by atoms with van der Waals surface area (Å²) in [5, 5.41) is 3.07. The first-order chi connectivity index (χ1) is 5.18. The van der Waals surface area contributed by atoms with Gasteiger partial charge < -0.3 is 10.2 Å². The minimum absolute atomic E-state index is 1.02. The second-order valence-corrected chi connectivity index (χ2v) is 2.26. The monoisotopic (exact) mass is 158 g/mol. The van der Waals surface area contributed by atoms with E-state index >= 15 is 0 Å². The number of rotatable bonds is 4. The van der Waals surface area contributed by atoms with E-state index in [4.69, 9.17) is 0 Å². The van der Waals surface area contributed by atoms with Gasteiger partial charge in [-0.05, 0) is 14.0 Å². The quantitative estimate of drug-likeness (QED) is 0.670. The summed E-state index contributed by atoms with van der Waals surface area (Å²) in [5.41, 5.74) is 1.12. The van der Waals surface area contributed by atoms with Gasteiger partial charge in [-0.25, -0.2) is 0 Å². The molecule has 0 amide bonds. The van der Waals surface area contributed by atoms with E-state index in [0.717, 1.165) is 18.8 Å². The molecule has 2 heteroatoms. The van der Waals surface area contributed by atoms with Crippen LogP contribution in [0, 0.1) is 0 Å². The van der Waals surface area contributed by atoms with E-state index in [1.165, 1.54) is 0 Å². The van der Waals surface area contributed by atoms with Crippen molar-refractivity contribution >= 4 is 0 Å². The third-order valence-electron chi connectivity index (χ3n) is 1.35. The Hall–Kier alpha value is -0.500. The van der Waals surface area contributed by atoms with Crippen molar-refractivity contribution in [2.24, 2.45) is 0 Å². The van der Waals surface area contributed by atoms with Crippen molar-refractivity contribution in [3.05, 3.63) is 12.3 Å². The number of likely N-dealkylation sites (N-methyl/N-ethyl adjacent to an activating group) is 2. The highest BCUT2D eigenvalue weighted by Gasteiger charge is 1.92. The maximum atomic E-state index is 3.81. The summed E-state index contributed by atoms with van der Waals surface area (Å²) in [6.45, 7) is 11.9. The summed E-state index contributed by atoms with van der Waals surface area (Å²) in [7, 11) is 3.99. The summed E-state index contributed by atoms with van der Waals surface area (Å²) in [5.74, 6) is 0. The molecule has 0 saturated heterocycles. The van der Waals surface area contributed by atoms with Gasteiger partial charge in [0, 0.05) is 25.8 Å². The zero-order valence-corrected chi connectivity index (χ0v) is 8.57. The molecule has 0 heterocycles. The average Bonchev–Trinajstić information content (AvgIpc) is 2.03. The number of hydrogen-bond donors (Lipinski definition) is 1. The summed E-state index contributed by atoms with van der Waals surface area (Å²) in [6.07, 6.45) is 0. The van der Waals surface area contributed by atoms with Crippen LogP contribution in [-0.4, -0.2) is 32.1 Å². The van der Waals surface area contributed by atoms with Gasteiger partial charge in [-0.1, -0.05) is 20.4 Å². The molecule has 1 N–H and O–H groups in total. The molecule has 0 aliphatic carbocycles. The van der Waals surface area contributed by atoms with E-state index in [0.29, 0.717) is 0 Å². The molecule has 0 fully saturated rings. The zero-order chi connectivity index (χ0) is 9.28. The van der Waals surface area contributed by atoms with E-state index in [9.17, 15) is 0 Å². The smallest absolute Gasteiger partial charge is 0.0296 e. The lowest BCUT2D eigenvalue weighted by molar-refractivity contribution is 0.418. The largest absolute Gasteiger partial charge is 0.377 e. The molecule has 68 valence electrons. The van der Waals surface area contributed by atoms with Crippen LogP contribution in [0.25, 0.3) is 0 Å². The summed E-state index contributed by atoms with van der Waals surface area (Å²) < 4.78 is 0. The summed E-state index contributed by atoms with van der Waals surface area (Å²) in [6, 6.07) is 0. The molecule has 2 nitrogen and oxygen atoms in total. The van der Waals surface area contributed by atoms with Crippen LogP contribution in [0.5, 0.6) is 0 Å². The Morgan fingerprint density at radius 3 is 2.18 bits per heavy atom. The first-order valence-electron chi connectivity index (χ1n) is 4.19. The van der Waals surface area contributed by atoms with Gasteiger partial charge in [-0.2, -0.15) is 0 Å². The highest BCUT2D eigenvalue weighted by atomic mass is 15.1. The maximum Gasteiger partial charge on any atom is 0.0296 e. The Morgan fingerprint density at radius 2 is 1.91 bits per heavy atom. The van der Waals surface area contributed by atoms with Crippen molar-refractivity contribution in [3.63, 3.8) is 0 Å². The Morgan fingerprint density at radius 1 is 1.45 bits per heavy atom. The van der Waals surface area contributed by atoms with Crippen LogP contribution < -0.4 is 5.32 Å². The molecular weight excluding hydrogens is 136 g/mol. The normalized spacial score (nSPS) is 8.09. The lowest BCUT2D eigenvalue weighted by atomic mass is 10.4. The molecule has 0 saturated carbocycles. The van der Waals surface area contributed by atoms with Crippen LogP contribution in [0.1, 0.15) is 20.8 Å². The predicted octanol–water partition coefficient (Wildman–Crippen LogP) is 1.70. The van der Waals surface area contributed by atoms with Gasteiger partial charge in [-0.15, -0.1) is 0 Å². The van der Waals surface area contributed by atoms with Crippen LogP contribution in [0.15, 0.2) is 12.3 Å². The van der Waals surface area contributed by atoms with Crippen molar-refractivity contribution in [2.45, 2.75) is 20.8 Å². The molecular formula is C9H22N2. The SMILES string of the molecule is C=C(C)N(C)CCNC.CC. The van der Waals surface area contributed by atoms with Crippen LogP contribution in [0.3, 0.4) is 0 Å². The first kappa shape index (κ1) is 13.1. The van der Waals surface area contributed by atoms with Gasteiger partial charge in [0.2, 0.25) is 0 Å². The molecule has 0 aliphatic heterocycles. The fraction of sp³-hybridized carbons (Fsp3) is 0.778. The zero-order valence-electron chi connectivity index (χ0n) is 8.57. The van der Waals surface area contributed by atoms with E-state index < -0.39 is 0 Å². The standard InChI is InChI=1S/C7H16N2.C2H6/c1-7(2)9(4)6-5-8-3;1-2/h8H,1,5-6H2,2-4H3;1-2H3. The average molecular weight is 158 g/mol. The lowest BCUT2D eigenvalue weighted by Gasteiger charge is -2.17. The van der Waals surface area contributed by atoms with Crippen LogP contribution in [-0.2, 0) is 0 Å². The molecule has 0 spiro atoms. The molecule has 0 aromatic rings. The fourth-order valence-electron chi connectivity index (χ4n) is 0.470. The second kappa shape index (κ2) is 9.50. The van der Waals surface area contributed by atoms with E-state index in [-0.39, 0.29) is 0 Å². The lowest BCUT2D eigenvalue weighted by Crippen LogP contribution is -2.25. The topological polar surface area (TPSA) is 15.3 Å². The number of nitrogens with one attached hydrogen (secondary N) is 1. The molecule has 0 aromatic heterocycles. The van der Waals surface area contributed by atoms with Gasteiger partial charge in [0.05, 0.1) is 0 Å². The highest BCUT2D eigenvalue weighted by molar-refractivity contribution is 4.85. The van der Waals surface area contributed by atoms with Crippen molar-refractivity contribution in [1.29, 1.82) is 0 Å². The van der Waals surface area contributed by atoms with Crippen molar-refractivity contribution in [3.8, 4) is 0 Å². The Kier molecular flexibility index (Phi) is 11.3. The molecule has 0 aromatic carbocycles. The Balaban J connectivity index is 0. The minimum atomic E-state index is 1.02. The van der Waals surface area contributed by atoms with Gasteiger partial charge >= 0.3 is 0 Å². The first-order valence-corrected chi connectivity index (χ1v) is 4.19. The van der Waals surface area contributed by atoms with Gasteiger partial charge in [-0.3, -0.25) is 0 Å². The van der Waals surface area contributed by atoms with Crippen LogP contribution in [0.4, 0.5) is 0 Å². The molecule has 0 unspecified atom stereocenters. The number of allylic oxidation sites excluding steroid dienone is 1. The Labute approximate surface area is 71.3 Å². The molecule has 0 radical (unpaired) electrons. The number of nitrogens with zero attached hydrogens (tertiary/aromatic N) is 1. The third kappa shape index (κ3) is 9.50. The molecule has 0 rings (SSSR count). The summed E-state index contributed by atoms with van der Waals surface area (Å²) >= 11 is 0. The predicted molar refractivity (Wildman–Crippen MR) is 52.7 cm³/mol. The van der Waals surface area contributed by atoms with Crippen LogP contribution in [0.2, 0.25) is 0 Å². The Bertz CT molecular complexity index is 89.6. The van der Waals surface area contributed by atoms with Crippen molar-refractivity contribution in [2.75, 3.05) is 27.2 Å². The van der Waals surface area contributed by atoms with Gasteiger partial charge in [0.1, 0.15) is 0 Å². The molecule has 0 atom stereocenters. The third-order valence-corrected chi connectivity index (χ3v) is 1.35. The molecule has 0 bridgehead atoms. The van der Waals surface area contributed by atoms with Crippen molar-refractivity contribution < 1.29 is 0 Å². The van der Waals surface area contributed by atoms with E-state index in [1.807, 2.05) is 34.9 Å². The van der Waals surface area contributed by atoms with Crippen LogP contribution >= 0.6 is 0 Å². The maximum absolute atomic E-state index is 3.81. The molecule has 11 heavy (non-hydrogen) atoms. The second-order valence-electron chi connectivity index (χ2n) is 2.26. The molecule has 0 aliphatic rings. The van der Waals surface area contributed by atoms with Crippen molar-refractivity contribution in [1.82, 2.24) is 10.2 Å². The van der Waals surface area contributed by atoms with Gasteiger partial charge in [0.25, 0.3) is 0 Å².